The first kappa shape index (κ1) is 15.8. The van der Waals surface area contributed by atoms with Crippen molar-refractivity contribution in [2.45, 2.75) is 6.18 Å². The summed E-state index contributed by atoms with van der Waals surface area (Å²) in [6.07, 6.45) is -1.55. The van der Waals surface area contributed by atoms with Crippen LogP contribution in [0.25, 0.3) is 10.8 Å². The van der Waals surface area contributed by atoms with Crippen molar-refractivity contribution in [3.63, 3.8) is 0 Å². The van der Waals surface area contributed by atoms with Crippen LogP contribution in [0.1, 0.15) is 5.56 Å². The Labute approximate surface area is 138 Å². The third kappa shape index (κ3) is 3.18. The first-order chi connectivity index (χ1) is 10.9. The Morgan fingerprint density at radius 1 is 0.957 bits per heavy atom. The van der Waals surface area contributed by atoms with Gasteiger partial charge in [0.15, 0.2) is 0 Å². The maximum Gasteiger partial charge on any atom is 0.416 e. The van der Waals surface area contributed by atoms with Gasteiger partial charge in [0.05, 0.1) is 22.2 Å². The zero-order valence-corrected chi connectivity index (χ0v) is 12.7. The second-order valence-electron chi connectivity index (χ2n) is 4.56. The van der Waals surface area contributed by atoms with E-state index in [1.54, 1.807) is 6.07 Å². The van der Waals surface area contributed by atoms with Crippen molar-refractivity contribution in [2.75, 3.05) is 0 Å². The van der Waals surface area contributed by atoms with E-state index in [0.717, 1.165) is 12.1 Å². The van der Waals surface area contributed by atoms with Crippen LogP contribution in [0, 0.1) is 0 Å². The molecule has 0 saturated heterocycles. The highest BCUT2D eigenvalue weighted by atomic mass is 35.5. The van der Waals surface area contributed by atoms with E-state index in [2.05, 4.69) is 9.97 Å². The molecule has 0 aliphatic rings. The first-order valence-electron chi connectivity index (χ1n) is 6.30. The molecule has 0 N–H and O–H groups in total. The molecule has 0 bridgehead atoms. The molecule has 0 fully saturated rings. The van der Waals surface area contributed by atoms with Gasteiger partial charge in [-0.3, -0.25) is 0 Å². The number of halogens is 5. The quantitative estimate of drug-likeness (QED) is 0.547. The molecule has 0 saturated carbocycles. The van der Waals surface area contributed by atoms with Crippen molar-refractivity contribution in [3.05, 3.63) is 58.5 Å². The maximum atomic E-state index is 12.6. The second kappa shape index (κ2) is 5.86. The fraction of sp³-hybridized carbons (Fsp3) is 0.0667. The summed E-state index contributed by atoms with van der Waals surface area (Å²) in [7, 11) is 0. The second-order valence-corrected chi connectivity index (χ2v) is 5.33. The van der Waals surface area contributed by atoms with Crippen LogP contribution >= 0.6 is 23.2 Å². The molecule has 23 heavy (non-hydrogen) atoms. The average Bonchev–Trinajstić information content (AvgIpc) is 2.50. The number of rotatable bonds is 2. The van der Waals surface area contributed by atoms with E-state index in [0.29, 0.717) is 15.8 Å². The van der Waals surface area contributed by atoms with Crippen molar-refractivity contribution in [3.8, 4) is 11.6 Å². The first-order valence-corrected chi connectivity index (χ1v) is 7.05. The molecule has 0 unspecified atom stereocenters. The number of aromatic nitrogens is 2. The summed E-state index contributed by atoms with van der Waals surface area (Å²) < 4.78 is 43.2. The summed E-state index contributed by atoms with van der Waals surface area (Å²) in [6.45, 7) is 0. The van der Waals surface area contributed by atoms with Gasteiger partial charge in [-0.05, 0) is 30.3 Å². The van der Waals surface area contributed by atoms with Crippen LogP contribution in [0.4, 0.5) is 13.2 Å². The monoisotopic (exact) mass is 358 g/mol. The van der Waals surface area contributed by atoms with Crippen LogP contribution in [0.2, 0.25) is 10.2 Å². The van der Waals surface area contributed by atoms with E-state index in [-0.39, 0.29) is 16.8 Å². The van der Waals surface area contributed by atoms with Gasteiger partial charge in [-0.2, -0.15) is 13.2 Å². The maximum absolute atomic E-state index is 12.6. The third-order valence-electron chi connectivity index (χ3n) is 3.07. The molecule has 0 aliphatic heterocycles. The predicted octanol–water partition coefficient (Wildman–Crippen LogP) is 5.75. The zero-order valence-electron chi connectivity index (χ0n) is 11.2. The highest BCUT2D eigenvalue weighted by Gasteiger charge is 2.30. The van der Waals surface area contributed by atoms with Crippen LogP contribution in [-0.4, -0.2) is 9.97 Å². The van der Waals surface area contributed by atoms with Gasteiger partial charge < -0.3 is 4.74 Å². The highest BCUT2D eigenvalue weighted by Crippen LogP contribution is 2.36. The van der Waals surface area contributed by atoms with Gasteiger partial charge >= 0.3 is 6.18 Å². The van der Waals surface area contributed by atoms with Crippen LogP contribution in [-0.2, 0) is 6.18 Å². The minimum absolute atomic E-state index is 0.113. The van der Waals surface area contributed by atoms with Crippen LogP contribution in [0.15, 0.2) is 42.7 Å². The Morgan fingerprint density at radius 3 is 2.30 bits per heavy atom. The van der Waals surface area contributed by atoms with E-state index < -0.39 is 11.7 Å². The number of pyridine rings is 2. The molecule has 1 aromatic carbocycles. The van der Waals surface area contributed by atoms with Gasteiger partial charge in [0, 0.05) is 11.6 Å². The Balaban J connectivity index is 2.01. The number of ether oxygens (including phenoxy) is 1. The Morgan fingerprint density at radius 2 is 1.65 bits per heavy atom. The molecule has 0 amide bonds. The molecule has 0 aliphatic carbocycles. The van der Waals surface area contributed by atoms with E-state index in [1.807, 2.05) is 0 Å². The highest BCUT2D eigenvalue weighted by molar-refractivity contribution is 6.39. The molecule has 3 rings (SSSR count). The standard InChI is InChI=1S/C15H7Cl2F3N2O/c16-11-7-22-14(12-10(11)5-6-21-13(12)17)23-9-3-1-8(2-4-9)15(18,19)20/h1-7H. The fourth-order valence-electron chi connectivity index (χ4n) is 1.99. The lowest BCUT2D eigenvalue weighted by Crippen LogP contribution is -2.04. The lowest BCUT2D eigenvalue weighted by atomic mass is 10.2. The third-order valence-corrected chi connectivity index (χ3v) is 3.65. The van der Waals surface area contributed by atoms with E-state index in [4.69, 9.17) is 27.9 Å². The molecule has 3 aromatic rings. The normalized spacial score (nSPS) is 11.7. The van der Waals surface area contributed by atoms with Gasteiger partial charge in [0.2, 0.25) is 5.88 Å². The number of nitrogens with zero attached hydrogens (tertiary/aromatic N) is 2. The average molecular weight is 359 g/mol. The van der Waals surface area contributed by atoms with Gasteiger partial charge in [0.25, 0.3) is 0 Å². The zero-order chi connectivity index (χ0) is 16.6. The Kier molecular flexibility index (Phi) is 4.04. The van der Waals surface area contributed by atoms with Gasteiger partial charge in [-0.25, -0.2) is 9.97 Å². The molecule has 118 valence electrons. The Bertz CT molecular complexity index is 867. The molecular weight excluding hydrogens is 352 g/mol. The molecule has 0 spiro atoms. The molecular formula is C15H7Cl2F3N2O. The number of benzene rings is 1. The van der Waals surface area contributed by atoms with Gasteiger partial charge in [-0.1, -0.05) is 23.2 Å². The van der Waals surface area contributed by atoms with Crippen LogP contribution in [0.3, 0.4) is 0 Å². The lowest BCUT2D eigenvalue weighted by Gasteiger charge is -2.11. The molecule has 2 aromatic heterocycles. The topological polar surface area (TPSA) is 35.0 Å². The van der Waals surface area contributed by atoms with Crippen molar-refractivity contribution < 1.29 is 17.9 Å². The number of alkyl halides is 3. The van der Waals surface area contributed by atoms with Crippen molar-refractivity contribution in [1.82, 2.24) is 9.97 Å². The van der Waals surface area contributed by atoms with Crippen molar-refractivity contribution in [1.29, 1.82) is 0 Å². The summed E-state index contributed by atoms with van der Waals surface area (Å²) in [5.41, 5.74) is -0.765. The van der Waals surface area contributed by atoms with Gasteiger partial charge in [0.1, 0.15) is 10.9 Å². The summed E-state index contributed by atoms with van der Waals surface area (Å²) in [5, 5.41) is 1.48. The fourth-order valence-corrected chi connectivity index (χ4v) is 2.43. The number of hydrogen-bond acceptors (Lipinski definition) is 3. The predicted molar refractivity (Wildman–Crippen MR) is 81.1 cm³/mol. The molecule has 3 nitrogen and oxygen atoms in total. The molecule has 0 radical (unpaired) electrons. The lowest BCUT2D eigenvalue weighted by molar-refractivity contribution is -0.137. The Hall–Kier alpha value is -2.05. The SMILES string of the molecule is FC(F)(F)c1ccc(Oc2ncc(Cl)c3ccnc(Cl)c23)cc1. The molecule has 8 heteroatoms. The van der Waals surface area contributed by atoms with Gasteiger partial charge in [-0.15, -0.1) is 0 Å². The summed E-state index contributed by atoms with van der Waals surface area (Å²) in [6, 6.07) is 5.90. The van der Waals surface area contributed by atoms with Crippen LogP contribution < -0.4 is 4.74 Å². The smallest absolute Gasteiger partial charge is 0.416 e. The number of fused-ring (bicyclic) bond motifs is 1. The van der Waals surface area contributed by atoms with E-state index in [1.165, 1.54) is 24.5 Å². The van der Waals surface area contributed by atoms with Crippen LogP contribution in [0.5, 0.6) is 11.6 Å². The summed E-state index contributed by atoms with van der Waals surface area (Å²) >= 11 is 12.1. The minimum atomic E-state index is -4.41. The minimum Gasteiger partial charge on any atom is -0.438 e. The molecule has 2 heterocycles. The van der Waals surface area contributed by atoms with E-state index >= 15 is 0 Å². The van der Waals surface area contributed by atoms with E-state index in [9.17, 15) is 13.2 Å². The molecule has 0 atom stereocenters. The summed E-state index contributed by atoms with van der Waals surface area (Å²) in [5.74, 6) is 0.302. The largest absolute Gasteiger partial charge is 0.438 e. The van der Waals surface area contributed by atoms with Crippen molar-refractivity contribution in [2.24, 2.45) is 0 Å². The summed E-state index contributed by atoms with van der Waals surface area (Å²) in [4.78, 5) is 7.97. The number of hydrogen-bond donors (Lipinski definition) is 0. The van der Waals surface area contributed by atoms with Crippen molar-refractivity contribution >= 4 is 34.0 Å².